The largest absolute Gasteiger partial charge is 0.330 e. The van der Waals surface area contributed by atoms with Crippen molar-refractivity contribution in [2.75, 3.05) is 10.2 Å². The number of fused-ring (bicyclic) bond motifs is 3. The quantitative estimate of drug-likeness (QED) is 0.188. The summed E-state index contributed by atoms with van der Waals surface area (Å²) in [4.78, 5) is 16.5. The maximum absolute atomic E-state index is 14.5. The number of carbonyl (C=O) groups excluding carboxylic acids is 1. The van der Waals surface area contributed by atoms with Crippen molar-refractivity contribution < 1.29 is 4.79 Å². The van der Waals surface area contributed by atoms with Gasteiger partial charge in [0.2, 0.25) is 6.71 Å². The van der Waals surface area contributed by atoms with Crippen LogP contribution in [0.3, 0.4) is 0 Å². The van der Waals surface area contributed by atoms with Crippen molar-refractivity contribution in [2.45, 2.75) is 78.6 Å². The van der Waals surface area contributed by atoms with Gasteiger partial charge in [0.1, 0.15) is 0 Å². The van der Waals surface area contributed by atoms with Gasteiger partial charge in [-0.15, -0.1) is 0 Å². The third kappa shape index (κ3) is 4.82. The Morgan fingerprint density at radius 1 is 0.571 bits per heavy atom. The maximum Gasteiger partial charge on any atom is 0.330 e. The Kier molecular flexibility index (Phi) is 6.79. The van der Waals surface area contributed by atoms with Crippen LogP contribution in [0.5, 0.6) is 0 Å². The second-order valence-corrected chi connectivity index (χ2v) is 17.1. The third-order valence-electron chi connectivity index (χ3n) is 10.7. The summed E-state index contributed by atoms with van der Waals surface area (Å²) in [5.74, 6) is 0. The molecule has 0 spiro atoms. The Balaban J connectivity index is 1.52. The maximum atomic E-state index is 14.5. The van der Waals surface area contributed by atoms with E-state index in [2.05, 4.69) is 171 Å². The number of benzene rings is 6. The fourth-order valence-electron chi connectivity index (χ4n) is 8.23. The van der Waals surface area contributed by atoms with Crippen LogP contribution in [0.25, 0.3) is 32.7 Å². The number of urea groups is 1. The van der Waals surface area contributed by atoms with Crippen molar-refractivity contribution in [1.29, 1.82) is 0 Å². The molecule has 6 aromatic carbocycles. The Morgan fingerprint density at radius 3 is 1.90 bits per heavy atom. The van der Waals surface area contributed by atoms with Crippen LogP contribution >= 0.6 is 0 Å². The number of anilines is 3. The van der Waals surface area contributed by atoms with Gasteiger partial charge in [-0.1, -0.05) is 165 Å². The summed E-state index contributed by atoms with van der Waals surface area (Å²) in [6.07, 6.45) is 0. The Labute approximate surface area is 291 Å². The molecule has 244 valence electrons. The summed E-state index contributed by atoms with van der Waals surface area (Å²) in [6.45, 7) is 20.3. The first-order valence-electron chi connectivity index (χ1n) is 17.6. The zero-order chi connectivity index (χ0) is 34.6. The second-order valence-electron chi connectivity index (χ2n) is 17.1. The van der Waals surface area contributed by atoms with Crippen molar-refractivity contribution in [1.82, 2.24) is 0 Å². The summed E-state index contributed by atoms with van der Waals surface area (Å²) >= 11 is 0. The van der Waals surface area contributed by atoms with Gasteiger partial charge >= 0.3 is 6.03 Å². The summed E-state index contributed by atoms with van der Waals surface area (Å²) in [5.41, 5.74) is 12.4. The highest BCUT2D eigenvalue weighted by Crippen LogP contribution is 2.49. The molecule has 0 fully saturated rings. The first-order valence-corrected chi connectivity index (χ1v) is 17.6. The molecule has 2 aliphatic heterocycles. The van der Waals surface area contributed by atoms with Crippen LogP contribution in [0, 0.1) is 0 Å². The molecule has 0 atom stereocenters. The minimum atomic E-state index is -0.168. The molecule has 2 aliphatic rings. The van der Waals surface area contributed by atoms with Crippen LogP contribution in [0.4, 0.5) is 21.9 Å². The van der Waals surface area contributed by atoms with E-state index in [1.165, 1.54) is 60.4 Å². The van der Waals surface area contributed by atoms with Crippen molar-refractivity contribution in [3.8, 4) is 11.1 Å². The predicted octanol–water partition coefficient (Wildman–Crippen LogP) is 10.1. The zero-order valence-electron chi connectivity index (χ0n) is 30.2. The molecule has 0 radical (unpaired) electrons. The average Bonchev–Trinajstić information content (AvgIpc) is 3.05. The van der Waals surface area contributed by atoms with E-state index in [0.29, 0.717) is 0 Å². The first kappa shape index (κ1) is 31.4. The normalized spacial score (nSPS) is 14.3. The Bertz CT molecular complexity index is 2330. The van der Waals surface area contributed by atoms with Crippen LogP contribution in [0.2, 0.25) is 0 Å². The van der Waals surface area contributed by atoms with Gasteiger partial charge in [-0.25, -0.2) is 4.79 Å². The first-order chi connectivity index (χ1) is 23.1. The summed E-state index contributed by atoms with van der Waals surface area (Å²) < 4.78 is 0. The van der Waals surface area contributed by atoms with Crippen LogP contribution in [0.15, 0.2) is 103 Å². The van der Waals surface area contributed by atoms with Crippen LogP contribution in [0.1, 0.15) is 79.0 Å². The third-order valence-corrected chi connectivity index (χ3v) is 10.7. The van der Waals surface area contributed by atoms with Crippen molar-refractivity contribution in [3.63, 3.8) is 0 Å². The molecule has 0 bridgehead atoms. The lowest BCUT2D eigenvalue weighted by atomic mass is 9.34. The highest BCUT2D eigenvalue weighted by atomic mass is 16.2. The average molecular weight is 641 g/mol. The lowest BCUT2D eigenvalue weighted by Crippen LogP contribution is -2.60. The summed E-state index contributed by atoms with van der Waals surface area (Å²) in [5, 5.41) is 8.25. The van der Waals surface area contributed by atoms with Gasteiger partial charge in [0.25, 0.3) is 0 Å². The number of hydrogen-bond acceptors (Lipinski definition) is 1. The number of hydrogen-bond donors (Lipinski definition) is 1. The van der Waals surface area contributed by atoms with Gasteiger partial charge in [0, 0.05) is 11.1 Å². The smallest absolute Gasteiger partial charge is 0.306 e. The van der Waals surface area contributed by atoms with E-state index >= 15 is 0 Å². The number of rotatable bonds is 2. The van der Waals surface area contributed by atoms with E-state index in [1.54, 1.807) is 0 Å². The van der Waals surface area contributed by atoms with E-state index in [-0.39, 0.29) is 29.0 Å². The molecule has 3 nitrogen and oxygen atoms in total. The van der Waals surface area contributed by atoms with E-state index < -0.39 is 0 Å². The lowest BCUT2D eigenvalue weighted by Gasteiger charge is -2.42. The molecule has 0 unspecified atom stereocenters. The molecule has 8 rings (SSSR count). The number of nitrogens with zero attached hydrogens (tertiary/aromatic N) is 1. The highest BCUT2D eigenvalue weighted by molar-refractivity contribution is 6.99. The standard InChI is InChI=1S/C45H45BN2O/c1-43(2,3)28-19-24-38-37(25-28)46(35-22-20-29(27-15-11-10-12-16-27)30-17-13-14-18-31(30)35)36-23-21-32-33(44(4,5)6)26-34(45(7,8)9)40-39(32)41(36)48(38)42(49)47-40/h10-26H,1-9H3,(H,47,49). The van der Waals surface area contributed by atoms with Gasteiger partial charge in [0.05, 0.1) is 11.4 Å². The predicted molar refractivity (Wildman–Crippen MR) is 212 cm³/mol. The van der Waals surface area contributed by atoms with Gasteiger partial charge < -0.3 is 5.32 Å². The number of carbonyl (C=O) groups is 1. The minimum Gasteiger partial charge on any atom is -0.306 e. The molecule has 0 saturated carbocycles. The molecular formula is C45H45BN2O. The molecule has 0 aromatic heterocycles. The van der Waals surface area contributed by atoms with E-state index in [1.807, 2.05) is 4.90 Å². The van der Waals surface area contributed by atoms with E-state index in [9.17, 15) is 4.79 Å². The molecule has 0 aliphatic carbocycles. The van der Waals surface area contributed by atoms with Gasteiger partial charge in [0.15, 0.2) is 0 Å². The van der Waals surface area contributed by atoms with Gasteiger partial charge in [-0.2, -0.15) is 0 Å². The topological polar surface area (TPSA) is 32.3 Å². The molecule has 2 heterocycles. The monoisotopic (exact) mass is 640 g/mol. The highest BCUT2D eigenvalue weighted by Gasteiger charge is 2.43. The Morgan fingerprint density at radius 2 is 1.22 bits per heavy atom. The molecular weight excluding hydrogens is 595 g/mol. The molecule has 0 saturated heterocycles. The SMILES string of the molecule is CC(C)(C)c1ccc2c(c1)B(c1ccc(-c3ccccc3)c3ccccc13)c1ccc3c(C(C)(C)C)cc(C(C)(C)C)c4c3c1N2C(=O)N4. The summed E-state index contributed by atoms with van der Waals surface area (Å²) in [7, 11) is 0. The molecule has 2 amide bonds. The second kappa shape index (κ2) is 10.6. The van der Waals surface area contributed by atoms with E-state index in [4.69, 9.17) is 0 Å². The fourth-order valence-corrected chi connectivity index (χ4v) is 8.23. The molecule has 6 aromatic rings. The van der Waals surface area contributed by atoms with Crippen LogP contribution in [-0.2, 0) is 16.2 Å². The fraction of sp³-hybridized carbons (Fsp3) is 0.267. The van der Waals surface area contributed by atoms with Gasteiger partial charge in [-0.3, -0.25) is 4.90 Å². The molecule has 49 heavy (non-hydrogen) atoms. The van der Waals surface area contributed by atoms with Crippen molar-refractivity contribution in [3.05, 3.63) is 120 Å². The Hall–Kier alpha value is -4.83. The van der Waals surface area contributed by atoms with Crippen molar-refractivity contribution >= 4 is 67.7 Å². The lowest BCUT2D eigenvalue weighted by molar-refractivity contribution is 0.259. The number of amides is 2. The van der Waals surface area contributed by atoms with E-state index in [0.717, 1.165) is 22.4 Å². The van der Waals surface area contributed by atoms with Crippen LogP contribution < -0.4 is 26.6 Å². The number of nitrogens with one attached hydrogen (secondary N) is 1. The van der Waals surface area contributed by atoms with Crippen molar-refractivity contribution in [2.24, 2.45) is 0 Å². The van der Waals surface area contributed by atoms with Crippen LogP contribution in [-0.4, -0.2) is 12.7 Å². The zero-order valence-corrected chi connectivity index (χ0v) is 30.2. The molecule has 1 N–H and O–H groups in total. The molecule has 4 heteroatoms. The minimum absolute atomic E-state index is 0.0526. The summed E-state index contributed by atoms with van der Waals surface area (Å²) in [6, 6.07) is 37.8. The van der Waals surface area contributed by atoms with Gasteiger partial charge in [-0.05, 0) is 77.2 Å².